The van der Waals surface area contributed by atoms with E-state index >= 15 is 0 Å². The Hall–Kier alpha value is -5.68. The monoisotopic (exact) mass is 1040 g/mol. The predicted octanol–water partition coefficient (Wildman–Crippen LogP) is -0.0505. The quantitative estimate of drug-likeness (QED) is 0.0581. The first-order valence-electron chi connectivity index (χ1n) is 27.0. The molecule has 8 atom stereocenters. The third kappa shape index (κ3) is 21.3. The number of amides is 8. The van der Waals surface area contributed by atoms with E-state index in [-0.39, 0.29) is 50.9 Å². The summed E-state index contributed by atoms with van der Waals surface area (Å²) in [4.78, 5) is 119. The van der Waals surface area contributed by atoms with Crippen molar-refractivity contribution >= 4 is 58.2 Å². The average Bonchev–Trinajstić information content (AvgIpc) is 3.77. The van der Waals surface area contributed by atoms with Crippen molar-refractivity contribution in [3.8, 4) is 0 Å². The van der Waals surface area contributed by atoms with Gasteiger partial charge in [-0.2, -0.15) is 0 Å². The summed E-state index contributed by atoms with van der Waals surface area (Å²) in [6, 6.07) is -2.09. The molecule has 0 bridgehead atoms. The number of hydrogen-bond acceptors (Lipinski definition) is 13. The lowest BCUT2D eigenvalue weighted by Crippen LogP contribution is -2.62. The van der Waals surface area contributed by atoms with Crippen LogP contribution in [0.5, 0.6) is 0 Å². The number of unbranched alkanes of at least 4 members (excludes halogenated alkanes) is 5. The lowest BCUT2D eigenvalue weighted by Gasteiger charge is -2.30. The molecule has 19 N–H and O–H groups in total. The zero-order chi connectivity index (χ0) is 54.6. The van der Waals surface area contributed by atoms with Crippen molar-refractivity contribution in [2.24, 2.45) is 40.5 Å². The molecule has 416 valence electrons. The number of carbonyl (C=O) groups excluding carboxylic acids is 8. The van der Waals surface area contributed by atoms with Crippen LogP contribution in [-0.2, 0) is 44.8 Å². The molecule has 2 aromatic rings. The van der Waals surface area contributed by atoms with Crippen LogP contribution in [0.2, 0.25) is 0 Å². The fourth-order valence-electron chi connectivity index (χ4n) is 8.92. The van der Waals surface area contributed by atoms with Gasteiger partial charge in [0.1, 0.15) is 48.3 Å². The Kier molecular flexibility index (Phi) is 28.8. The molecule has 22 nitrogen and oxygen atoms in total. The largest absolute Gasteiger partial charge is 0.361 e. The Morgan fingerprint density at radius 2 is 0.730 bits per heavy atom. The molecule has 1 aliphatic heterocycles. The first-order valence-corrected chi connectivity index (χ1v) is 27.0. The Bertz CT molecular complexity index is 2080. The number of fused-ring (bicyclic) bond motifs is 1. The summed E-state index contributed by atoms with van der Waals surface area (Å²) in [5.41, 5.74) is 30.6. The van der Waals surface area contributed by atoms with Crippen LogP contribution in [0.1, 0.15) is 136 Å². The molecule has 8 amide bonds. The second-order valence-corrected chi connectivity index (χ2v) is 20.3. The van der Waals surface area contributed by atoms with Crippen LogP contribution in [0.25, 0.3) is 10.9 Å². The third-order valence-electron chi connectivity index (χ3n) is 13.2. The van der Waals surface area contributed by atoms with E-state index in [9.17, 15) is 38.4 Å². The highest BCUT2D eigenvalue weighted by Gasteiger charge is 2.37. The highest BCUT2D eigenvalue weighted by molar-refractivity contribution is 5.99. The minimum Gasteiger partial charge on any atom is -0.361 e. The van der Waals surface area contributed by atoms with E-state index in [1.807, 2.05) is 38.1 Å². The molecule has 74 heavy (non-hydrogen) atoms. The summed E-state index contributed by atoms with van der Waals surface area (Å²) in [6.45, 7) is 8.81. The number of nitrogens with one attached hydrogen (secondary N) is 9. The molecule has 0 spiro atoms. The molecule has 2 heterocycles. The number of nitrogens with two attached hydrogens (primary N) is 5. The van der Waals surface area contributed by atoms with Crippen molar-refractivity contribution in [2.75, 3.05) is 32.7 Å². The number of H-pyrrole nitrogens is 1. The maximum atomic E-state index is 14.7. The first kappa shape index (κ1) is 62.6. The molecular weight excluding hydrogens is 949 g/mol. The number of aromatic nitrogens is 1. The summed E-state index contributed by atoms with van der Waals surface area (Å²) in [5, 5.41) is 23.6. The van der Waals surface area contributed by atoms with E-state index in [1.165, 1.54) is 0 Å². The summed E-state index contributed by atoms with van der Waals surface area (Å²) in [5.74, 6) is -6.04. The molecule has 0 aliphatic carbocycles. The smallest absolute Gasteiger partial charge is 0.243 e. The van der Waals surface area contributed by atoms with Crippen molar-refractivity contribution in [2.45, 2.75) is 185 Å². The number of aromatic amines is 1. The molecule has 3 rings (SSSR count). The molecule has 1 fully saturated rings. The summed E-state index contributed by atoms with van der Waals surface area (Å²) in [6.07, 6.45) is 7.37. The zero-order valence-electron chi connectivity index (χ0n) is 44.4. The topological polar surface area (TPSA) is 379 Å². The van der Waals surface area contributed by atoms with E-state index in [0.717, 1.165) is 10.9 Å². The zero-order valence-corrected chi connectivity index (χ0v) is 44.4. The van der Waals surface area contributed by atoms with Gasteiger partial charge in [0.05, 0.1) is 0 Å². The molecule has 22 heteroatoms. The Morgan fingerprint density at radius 3 is 1.09 bits per heavy atom. The second kappa shape index (κ2) is 34.0. The number of para-hydroxylation sites is 1. The van der Waals surface area contributed by atoms with Crippen molar-refractivity contribution in [1.82, 2.24) is 47.5 Å². The Morgan fingerprint density at radius 1 is 0.405 bits per heavy atom. The molecule has 1 aliphatic rings. The van der Waals surface area contributed by atoms with Crippen LogP contribution < -0.4 is 71.2 Å². The molecule has 0 radical (unpaired) electrons. The SMILES string of the molecule is CC(C)C[C@@H]1NC(=O)[C@H](Cc2c[nH]c3ccccc23)NC(=O)[C@H](C(C)C)NC(=O)[C@H](CCCCN)NC(=O)[C@H](CCCCN)NC(=O)[C@H](CCCCN)NC(=O)[C@H](CCCCN)NC(=O)[C@H](CCCCN)NC1=O. The molecule has 1 saturated heterocycles. The molecule has 1 aromatic carbocycles. The highest BCUT2D eigenvalue weighted by atomic mass is 16.2. The van der Waals surface area contributed by atoms with Gasteiger partial charge in [0, 0.05) is 23.5 Å². The molecule has 0 unspecified atom stereocenters. The van der Waals surface area contributed by atoms with Crippen LogP contribution >= 0.6 is 0 Å². The fourth-order valence-corrected chi connectivity index (χ4v) is 8.92. The lowest BCUT2D eigenvalue weighted by molar-refractivity contribution is -0.137. The predicted molar refractivity (Wildman–Crippen MR) is 286 cm³/mol. The van der Waals surface area contributed by atoms with Crippen LogP contribution in [-0.4, -0.2) is 133 Å². The molecular formula is C52H90N14O8. The van der Waals surface area contributed by atoms with Gasteiger partial charge in [-0.1, -0.05) is 45.9 Å². The normalized spacial score (nSPS) is 23.6. The standard InChI is InChI=1S/C52H90N14O8/c1-32(2)29-42-50(72)63-40(22-10-15-27-56)48(70)61-38(20-8-13-25-54)46(68)59-37(19-7-12-24-53)45(67)60-39(21-9-14-26-55)47(69)62-41(23-11-16-28-57)49(71)66-44(33(3)4)52(74)65-43(51(73)64-42)30-34-31-58-36-18-6-5-17-35(34)36/h5-6,17-18,31-33,37-44,58H,7-16,19-30,53-57H2,1-4H3,(H,59,68)(H,60,67)(H,61,70)(H,62,69)(H,63,72)(H,64,73)(H,65,74)(H,66,71)/t37-,38-,39-,40-,41-,42-,43-,44-/m0/s1. The highest BCUT2D eigenvalue weighted by Crippen LogP contribution is 2.20. The fraction of sp³-hybridized carbons (Fsp3) is 0.692. The van der Waals surface area contributed by atoms with Gasteiger partial charge in [-0.05, 0) is 159 Å². The van der Waals surface area contributed by atoms with E-state index < -0.39 is 102 Å². The van der Waals surface area contributed by atoms with Crippen LogP contribution in [0.3, 0.4) is 0 Å². The van der Waals surface area contributed by atoms with Crippen molar-refractivity contribution in [3.63, 3.8) is 0 Å². The van der Waals surface area contributed by atoms with E-state index in [0.29, 0.717) is 102 Å². The maximum absolute atomic E-state index is 14.7. The Balaban J connectivity index is 2.24. The van der Waals surface area contributed by atoms with E-state index in [2.05, 4.69) is 47.5 Å². The van der Waals surface area contributed by atoms with Crippen molar-refractivity contribution in [1.29, 1.82) is 0 Å². The van der Waals surface area contributed by atoms with Gasteiger partial charge in [0.15, 0.2) is 0 Å². The Labute approximate surface area is 437 Å². The van der Waals surface area contributed by atoms with Gasteiger partial charge in [-0.15, -0.1) is 0 Å². The molecule has 1 aromatic heterocycles. The van der Waals surface area contributed by atoms with Gasteiger partial charge >= 0.3 is 0 Å². The lowest BCUT2D eigenvalue weighted by atomic mass is 9.98. The van der Waals surface area contributed by atoms with Crippen LogP contribution in [0.4, 0.5) is 0 Å². The summed E-state index contributed by atoms with van der Waals surface area (Å²) < 4.78 is 0. The van der Waals surface area contributed by atoms with Gasteiger partial charge in [0.25, 0.3) is 0 Å². The van der Waals surface area contributed by atoms with Crippen molar-refractivity contribution < 1.29 is 38.4 Å². The third-order valence-corrected chi connectivity index (χ3v) is 13.2. The number of hydrogen-bond donors (Lipinski definition) is 14. The van der Waals surface area contributed by atoms with Crippen LogP contribution in [0, 0.1) is 11.8 Å². The van der Waals surface area contributed by atoms with Gasteiger partial charge in [-0.25, -0.2) is 0 Å². The van der Waals surface area contributed by atoms with E-state index in [1.54, 1.807) is 20.0 Å². The minimum absolute atomic E-state index is 0.0169. The number of benzene rings is 1. The average molecular weight is 1040 g/mol. The van der Waals surface area contributed by atoms with Gasteiger partial charge < -0.3 is 76.2 Å². The van der Waals surface area contributed by atoms with E-state index in [4.69, 9.17) is 28.7 Å². The number of carbonyl (C=O) groups is 8. The van der Waals surface area contributed by atoms with Gasteiger partial charge in [0.2, 0.25) is 47.3 Å². The maximum Gasteiger partial charge on any atom is 0.243 e. The second-order valence-electron chi connectivity index (χ2n) is 20.3. The first-order chi connectivity index (χ1) is 35.5. The number of rotatable bonds is 25. The summed E-state index contributed by atoms with van der Waals surface area (Å²) >= 11 is 0. The van der Waals surface area contributed by atoms with Gasteiger partial charge in [-0.3, -0.25) is 38.4 Å². The van der Waals surface area contributed by atoms with Crippen LogP contribution in [0.15, 0.2) is 30.5 Å². The summed E-state index contributed by atoms with van der Waals surface area (Å²) in [7, 11) is 0. The minimum atomic E-state index is -1.28. The molecule has 0 saturated carbocycles. The van der Waals surface area contributed by atoms with Crippen molar-refractivity contribution in [3.05, 3.63) is 36.0 Å².